The van der Waals surface area contributed by atoms with Crippen LogP contribution in [0.1, 0.15) is 28.3 Å². The highest BCUT2D eigenvalue weighted by atomic mass is 16.7. The highest BCUT2D eigenvalue weighted by Crippen LogP contribution is 2.50. The van der Waals surface area contributed by atoms with Crippen molar-refractivity contribution < 1.29 is 19.1 Å². The Labute approximate surface area is 182 Å². The van der Waals surface area contributed by atoms with Crippen LogP contribution in [0.25, 0.3) is 0 Å². The summed E-state index contributed by atoms with van der Waals surface area (Å²) in [5.74, 6) is 2.04. The first-order valence-electron chi connectivity index (χ1n) is 10.8. The number of anilines is 1. The lowest BCUT2D eigenvalue weighted by molar-refractivity contribution is -0.134. The lowest BCUT2D eigenvalue weighted by atomic mass is 10.1. The van der Waals surface area contributed by atoms with Gasteiger partial charge in [0.25, 0.3) is 5.91 Å². The number of carbonyl (C=O) groups is 2. The van der Waals surface area contributed by atoms with Crippen LogP contribution in [0.15, 0.2) is 42.5 Å². The lowest BCUT2D eigenvalue weighted by Crippen LogP contribution is -2.51. The Bertz CT molecular complexity index is 996. The summed E-state index contributed by atoms with van der Waals surface area (Å²) < 4.78 is 10.8. The molecule has 0 spiro atoms. The summed E-state index contributed by atoms with van der Waals surface area (Å²) in [6.07, 6.45) is 0.871. The van der Waals surface area contributed by atoms with Gasteiger partial charge in [0.1, 0.15) is 0 Å². The first-order chi connectivity index (χ1) is 15.0. The quantitative estimate of drug-likeness (QED) is 0.759. The van der Waals surface area contributed by atoms with E-state index in [0.717, 1.165) is 29.2 Å². The molecule has 2 atom stereocenters. The highest BCUT2D eigenvalue weighted by Gasteiger charge is 2.46. The molecule has 7 heteroatoms. The molecular formula is C24H27N3O4. The minimum Gasteiger partial charge on any atom is -0.454 e. The fourth-order valence-electron chi connectivity index (χ4n) is 4.43. The molecule has 1 saturated carbocycles. The molecular weight excluding hydrogens is 394 g/mol. The van der Waals surface area contributed by atoms with Crippen LogP contribution in [0, 0.1) is 5.92 Å². The summed E-state index contributed by atoms with van der Waals surface area (Å²) in [7, 11) is 3.95. The molecule has 31 heavy (non-hydrogen) atoms. The number of hydrogen-bond acceptors (Lipinski definition) is 5. The second kappa shape index (κ2) is 7.80. The number of ether oxygens (including phenoxy) is 2. The van der Waals surface area contributed by atoms with E-state index in [9.17, 15) is 9.59 Å². The van der Waals surface area contributed by atoms with Crippen LogP contribution < -0.4 is 14.4 Å². The van der Waals surface area contributed by atoms with Gasteiger partial charge in [-0.3, -0.25) is 9.59 Å². The van der Waals surface area contributed by atoms with E-state index in [1.54, 1.807) is 0 Å². The summed E-state index contributed by atoms with van der Waals surface area (Å²) in [5.41, 5.74) is 2.89. The topological polar surface area (TPSA) is 62.3 Å². The van der Waals surface area contributed by atoms with Crippen LogP contribution in [0.3, 0.4) is 0 Å². The van der Waals surface area contributed by atoms with Crippen LogP contribution >= 0.6 is 0 Å². The fraction of sp³-hybridized carbons (Fsp3) is 0.417. The third-order valence-corrected chi connectivity index (χ3v) is 6.44. The van der Waals surface area contributed by atoms with Gasteiger partial charge in [-0.25, -0.2) is 0 Å². The maximum Gasteiger partial charge on any atom is 0.253 e. The second-order valence-corrected chi connectivity index (χ2v) is 8.62. The average Bonchev–Trinajstić information content (AvgIpc) is 3.47. The Morgan fingerprint density at radius 2 is 1.58 bits per heavy atom. The minimum atomic E-state index is 0.0289. The van der Waals surface area contributed by atoms with Crippen LogP contribution in [0.5, 0.6) is 11.5 Å². The molecule has 2 heterocycles. The molecule has 3 aliphatic rings. The Balaban J connectivity index is 1.15. The second-order valence-electron chi connectivity index (χ2n) is 8.62. The van der Waals surface area contributed by atoms with Gasteiger partial charge in [-0.2, -0.15) is 0 Å². The van der Waals surface area contributed by atoms with E-state index in [4.69, 9.17) is 9.47 Å². The van der Waals surface area contributed by atoms with E-state index in [1.807, 2.05) is 71.3 Å². The summed E-state index contributed by atoms with van der Waals surface area (Å²) >= 11 is 0. The predicted molar refractivity (Wildman–Crippen MR) is 117 cm³/mol. The first kappa shape index (κ1) is 19.7. The van der Waals surface area contributed by atoms with Crippen molar-refractivity contribution in [3.63, 3.8) is 0 Å². The minimum absolute atomic E-state index is 0.0289. The third kappa shape index (κ3) is 3.80. The number of hydrogen-bond donors (Lipinski definition) is 0. The van der Waals surface area contributed by atoms with Gasteiger partial charge in [0.2, 0.25) is 12.7 Å². The predicted octanol–water partition coefficient (Wildman–Crippen LogP) is 2.57. The SMILES string of the molecule is CN(C)c1ccc(C(=O)N2CCN(C(=O)C3CC3c3ccc4c(c3)OCO4)CC2)cc1. The van der Waals surface area contributed by atoms with E-state index in [0.29, 0.717) is 31.7 Å². The van der Waals surface area contributed by atoms with Gasteiger partial charge in [-0.05, 0) is 54.3 Å². The van der Waals surface area contributed by atoms with E-state index < -0.39 is 0 Å². The van der Waals surface area contributed by atoms with Crippen molar-refractivity contribution in [3.05, 3.63) is 53.6 Å². The molecule has 7 nitrogen and oxygen atoms in total. The van der Waals surface area contributed by atoms with Gasteiger partial charge in [-0.1, -0.05) is 6.07 Å². The smallest absolute Gasteiger partial charge is 0.253 e. The molecule has 2 aromatic carbocycles. The molecule has 2 fully saturated rings. The number of nitrogens with zero attached hydrogens (tertiary/aromatic N) is 3. The molecule has 0 N–H and O–H groups in total. The van der Waals surface area contributed by atoms with Crippen molar-refractivity contribution >= 4 is 17.5 Å². The molecule has 2 amide bonds. The zero-order valence-corrected chi connectivity index (χ0v) is 17.9. The molecule has 5 rings (SSSR count). The molecule has 2 aromatic rings. The maximum atomic E-state index is 13.0. The molecule has 2 aliphatic heterocycles. The molecule has 1 saturated heterocycles. The van der Waals surface area contributed by atoms with Crippen LogP contribution in [0.2, 0.25) is 0 Å². The van der Waals surface area contributed by atoms with Gasteiger partial charge in [0.05, 0.1) is 0 Å². The normalized spacial score (nSPS) is 21.7. The summed E-state index contributed by atoms with van der Waals surface area (Å²) in [5, 5.41) is 0. The Kier molecular flexibility index (Phi) is 4.96. The van der Waals surface area contributed by atoms with Crippen molar-refractivity contribution in [2.24, 2.45) is 5.92 Å². The van der Waals surface area contributed by atoms with Gasteiger partial charge >= 0.3 is 0 Å². The Morgan fingerprint density at radius 3 is 2.29 bits per heavy atom. The fourth-order valence-corrected chi connectivity index (χ4v) is 4.43. The van der Waals surface area contributed by atoms with Gasteiger partial charge in [0, 0.05) is 57.4 Å². The van der Waals surface area contributed by atoms with Gasteiger partial charge in [-0.15, -0.1) is 0 Å². The molecule has 0 radical (unpaired) electrons. The molecule has 2 unspecified atom stereocenters. The summed E-state index contributed by atoms with van der Waals surface area (Å²) in [6, 6.07) is 13.6. The number of amides is 2. The zero-order chi connectivity index (χ0) is 21.5. The van der Waals surface area contributed by atoms with Crippen molar-refractivity contribution in [1.29, 1.82) is 0 Å². The van der Waals surface area contributed by atoms with E-state index >= 15 is 0 Å². The summed E-state index contributed by atoms with van der Waals surface area (Å²) in [4.78, 5) is 31.6. The van der Waals surface area contributed by atoms with Crippen LogP contribution in [0.4, 0.5) is 5.69 Å². The highest BCUT2D eigenvalue weighted by molar-refractivity contribution is 5.95. The monoisotopic (exact) mass is 421 g/mol. The maximum absolute atomic E-state index is 13.0. The zero-order valence-electron chi connectivity index (χ0n) is 17.9. The number of piperazine rings is 1. The first-order valence-corrected chi connectivity index (χ1v) is 10.8. The van der Waals surface area contributed by atoms with Crippen molar-refractivity contribution in [3.8, 4) is 11.5 Å². The number of benzene rings is 2. The average molecular weight is 421 g/mol. The van der Waals surface area contributed by atoms with Crippen molar-refractivity contribution in [2.75, 3.05) is 52.0 Å². The molecule has 0 aromatic heterocycles. The van der Waals surface area contributed by atoms with Crippen LogP contribution in [-0.4, -0.2) is 68.7 Å². The molecule has 0 bridgehead atoms. The van der Waals surface area contributed by atoms with Gasteiger partial charge in [0.15, 0.2) is 11.5 Å². The van der Waals surface area contributed by atoms with E-state index in [-0.39, 0.29) is 30.4 Å². The van der Waals surface area contributed by atoms with E-state index in [2.05, 4.69) is 0 Å². The summed E-state index contributed by atoms with van der Waals surface area (Å²) in [6.45, 7) is 2.58. The standard InChI is InChI=1S/C24H27N3O4/c1-25(2)18-6-3-16(4-7-18)23(28)26-9-11-27(12-10-26)24(29)20-14-19(20)17-5-8-21-22(13-17)31-15-30-21/h3-8,13,19-20H,9-12,14-15H2,1-2H3. The Morgan fingerprint density at radius 1 is 0.903 bits per heavy atom. The number of rotatable bonds is 4. The Hall–Kier alpha value is -3.22. The number of fused-ring (bicyclic) bond motifs is 1. The van der Waals surface area contributed by atoms with Crippen molar-refractivity contribution in [2.45, 2.75) is 12.3 Å². The van der Waals surface area contributed by atoms with Crippen molar-refractivity contribution in [1.82, 2.24) is 9.80 Å². The van der Waals surface area contributed by atoms with E-state index in [1.165, 1.54) is 0 Å². The van der Waals surface area contributed by atoms with Crippen LogP contribution in [-0.2, 0) is 4.79 Å². The molecule has 1 aliphatic carbocycles. The number of carbonyl (C=O) groups excluding carboxylic acids is 2. The largest absolute Gasteiger partial charge is 0.454 e. The molecule has 162 valence electrons. The third-order valence-electron chi connectivity index (χ3n) is 6.44. The lowest BCUT2D eigenvalue weighted by Gasteiger charge is -2.35. The van der Waals surface area contributed by atoms with Gasteiger partial charge < -0.3 is 24.2 Å².